The minimum absolute atomic E-state index is 0.0517. The van der Waals surface area contributed by atoms with Gasteiger partial charge in [0.1, 0.15) is 6.54 Å². The maximum absolute atomic E-state index is 12.7. The Morgan fingerprint density at radius 1 is 1.33 bits per heavy atom. The number of rotatable bonds is 3. The lowest BCUT2D eigenvalue weighted by Gasteiger charge is -2.30. The molecule has 1 aliphatic rings. The van der Waals surface area contributed by atoms with Crippen molar-refractivity contribution in [3.05, 3.63) is 54.0 Å². The van der Waals surface area contributed by atoms with Crippen molar-refractivity contribution < 1.29 is 14.3 Å². The molecule has 5 N–H and O–H groups in total. The fourth-order valence-corrected chi connectivity index (χ4v) is 2.27. The van der Waals surface area contributed by atoms with Gasteiger partial charge in [-0.3, -0.25) is 24.9 Å². The van der Waals surface area contributed by atoms with E-state index < -0.39 is 11.8 Å². The molecule has 1 aromatic heterocycles. The second-order valence-electron chi connectivity index (χ2n) is 5.05. The van der Waals surface area contributed by atoms with Crippen LogP contribution in [0.15, 0.2) is 48.4 Å². The summed E-state index contributed by atoms with van der Waals surface area (Å²) in [4.78, 5) is 29.7. The Morgan fingerprint density at radius 3 is 2.88 bits per heavy atom. The lowest BCUT2D eigenvalue weighted by molar-refractivity contribution is -0.123. The van der Waals surface area contributed by atoms with E-state index in [-0.39, 0.29) is 12.3 Å². The molecule has 0 unspecified atom stereocenters. The molecule has 8 heteroatoms. The molecule has 3 rings (SSSR count). The van der Waals surface area contributed by atoms with Gasteiger partial charge in [0.05, 0.1) is 11.4 Å². The number of amides is 2. The summed E-state index contributed by atoms with van der Waals surface area (Å²) in [6.07, 6.45) is 3.11. The number of hydrazine groups is 1. The molecular weight excluding hydrogens is 310 g/mol. The standard InChI is InChI=1S/C16H15N5O3/c17-10-4-5-13-12(7-10)21(9-15(22)20-18)16(23)14(24-13)8-11-3-1-2-6-19-11/h1-8H,9,17-18H2,(H,20,22)/b14-8+. The van der Waals surface area contributed by atoms with E-state index in [4.69, 9.17) is 16.3 Å². The van der Waals surface area contributed by atoms with E-state index in [0.29, 0.717) is 22.8 Å². The number of pyridine rings is 1. The molecule has 2 amide bonds. The lowest BCUT2D eigenvalue weighted by Crippen LogP contribution is -2.45. The van der Waals surface area contributed by atoms with Gasteiger partial charge in [0.25, 0.3) is 11.8 Å². The molecular formula is C16H15N5O3. The average molecular weight is 325 g/mol. The van der Waals surface area contributed by atoms with Gasteiger partial charge in [0, 0.05) is 18.0 Å². The minimum atomic E-state index is -0.518. The van der Waals surface area contributed by atoms with E-state index >= 15 is 0 Å². The highest BCUT2D eigenvalue weighted by atomic mass is 16.5. The average Bonchev–Trinajstić information content (AvgIpc) is 2.59. The molecule has 2 aromatic rings. The van der Waals surface area contributed by atoms with Gasteiger partial charge in [-0.25, -0.2) is 5.84 Å². The van der Waals surface area contributed by atoms with Crippen LogP contribution in [0.4, 0.5) is 11.4 Å². The van der Waals surface area contributed by atoms with Crippen molar-refractivity contribution in [2.75, 3.05) is 17.2 Å². The summed E-state index contributed by atoms with van der Waals surface area (Å²) >= 11 is 0. The maximum atomic E-state index is 12.7. The molecule has 0 fully saturated rings. The first-order valence-electron chi connectivity index (χ1n) is 7.10. The topological polar surface area (TPSA) is 124 Å². The number of aromatic nitrogens is 1. The largest absolute Gasteiger partial charge is 0.449 e. The number of nitrogens with two attached hydrogens (primary N) is 2. The van der Waals surface area contributed by atoms with Crippen LogP contribution < -0.4 is 26.6 Å². The summed E-state index contributed by atoms with van der Waals surface area (Å²) in [7, 11) is 0. The molecule has 1 aliphatic heterocycles. The number of carbonyl (C=O) groups is 2. The third kappa shape index (κ3) is 3.03. The third-order valence-corrected chi connectivity index (χ3v) is 3.38. The molecule has 0 bridgehead atoms. The van der Waals surface area contributed by atoms with Crippen LogP contribution >= 0.6 is 0 Å². The van der Waals surface area contributed by atoms with Gasteiger partial charge in [-0.05, 0) is 30.3 Å². The van der Waals surface area contributed by atoms with Crippen LogP contribution in [0.5, 0.6) is 5.75 Å². The van der Waals surface area contributed by atoms with Gasteiger partial charge >= 0.3 is 0 Å². The van der Waals surface area contributed by atoms with Crippen molar-refractivity contribution in [1.29, 1.82) is 0 Å². The zero-order valence-corrected chi connectivity index (χ0v) is 12.6. The fraction of sp³-hybridized carbons (Fsp3) is 0.0625. The first-order valence-corrected chi connectivity index (χ1v) is 7.10. The van der Waals surface area contributed by atoms with Crippen molar-refractivity contribution in [2.24, 2.45) is 5.84 Å². The Bertz CT molecular complexity index is 820. The number of nitrogens with zero attached hydrogens (tertiary/aromatic N) is 2. The van der Waals surface area contributed by atoms with E-state index in [0.717, 1.165) is 0 Å². The lowest BCUT2D eigenvalue weighted by atomic mass is 10.1. The molecule has 122 valence electrons. The van der Waals surface area contributed by atoms with Crippen LogP contribution in [-0.4, -0.2) is 23.3 Å². The second kappa shape index (κ2) is 6.39. The van der Waals surface area contributed by atoms with E-state index in [2.05, 4.69) is 4.98 Å². The Kier molecular flexibility index (Phi) is 4.13. The normalized spacial score (nSPS) is 15.0. The van der Waals surface area contributed by atoms with Crippen molar-refractivity contribution in [3.8, 4) is 5.75 Å². The predicted molar refractivity (Wildman–Crippen MR) is 88.4 cm³/mol. The number of fused-ring (bicyclic) bond motifs is 1. The molecule has 0 saturated heterocycles. The zero-order chi connectivity index (χ0) is 17.1. The number of ether oxygens (including phenoxy) is 1. The Morgan fingerprint density at radius 2 is 2.17 bits per heavy atom. The van der Waals surface area contributed by atoms with E-state index in [1.165, 1.54) is 11.0 Å². The monoisotopic (exact) mass is 325 g/mol. The highest BCUT2D eigenvalue weighted by molar-refractivity contribution is 6.12. The minimum Gasteiger partial charge on any atom is -0.449 e. The van der Waals surface area contributed by atoms with Crippen molar-refractivity contribution >= 4 is 29.3 Å². The quantitative estimate of drug-likeness (QED) is 0.247. The summed E-state index contributed by atoms with van der Waals surface area (Å²) < 4.78 is 5.66. The maximum Gasteiger partial charge on any atom is 0.294 e. The molecule has 0 radical (unpaired) electrons. The van der Waals surface area contributed by atoms with E-state index in [1.54, 1.807) is 42.6 Å². The van der Waals surface area contributed by atoms with Crippen LogP contribution in [0.2, 0.25) is 0 Å². The number of carbonyl (C=O) groups excluding carboxylic acids is 2. The van der Waals surface area contributed by atoms with Crippen LogP contribution in [0.1, 0.15) is 5.69 Å². The smallest absolute Gasteiger partial charge is 0.294 e. The molecule has 1 aromatic carbocycles. The molecule has 0 saturated carbocycles. The summed E-state index contributed by atoms with van der Waals surface area (Å²) in [6.45, 7) is -0.255. The van der Waals surface area contributed by atoms with Crippen LogP contribution in [0.3, 0.4) is 0 Å². The number of nitrogens with one attached hydrogen (secondary N) is 1. The number of anilines is 2. The number of benzene rings is 1. The summed E-state index contributed by atoms with van der Waals surface area (Å²) in [5, 5.41) is 0. The fourth-order valence-electron chi connectivity index (χ4n) is 2.27. The number of hydrogen-bond donors (Lipinski definition) is 3. The van der Waals surface area contributed by atoms with Crippen molar-refractivity contribution in [3.63, 3.8) is 0 Å². The zero-order valence-electron chi connectivity index (χ0n) is 12.6. The summed E-state index contributed by atoms with van der Waals surface area (Å²) in [5.41, 5.74) is 9.18. The van der Waals surface area contributed by atoms with Gasteiger partial charge in [-0.15, -0.1) is 0 Å². The molecule has 8 nitrogen and oxygen atoms in total. The van der Waals surface area contributed by atoms with E-state index in [1.807, 2.05) is 5.43 Å². The third-order valence-electron chi connectivity index (χ3n) is 3.38. The molecule has 24 heavy (non-hydrogen) atoms. The Labute approximate surface area is 137 Å². The predicted octanol–water partition coefficient (Wildman–Crippen LogP) is 0.420. The first kappa shape index (κ1) is 15.5. The van der Waals surface area contributed by atoms with Gasteiger partial charge in [0.2, 0.25) is 0 Å². The Hall–Kier alpha value is -3.39. The van der Waals surface area contributed by atoms with E-state index in [9.17, 15) is 9.59 Å². The molecule has 0 atom stereocenters. The van der Waals surface area contributed by atoms with Gasteiger partial charge in [-0.1, -0.05) is 6.07 Å². The van der Waals surface area contributed by atoms with Crippen LogP contribution in [0, 0.1) is 0 Å². The number of hydrogen-bond acceptors (Lipinski definition) is 6. The highest BCUT2D eigenvalue weighted by Gasteiger charge is 2.31. The molecule has 0 aliphatic carbocycles. The van der Waals surface area contributed by atoms with Crippen molar-refractivity contribution in [1.82, 2.24) is 10.4 Å². The van der Waals surface area contributed by atoms with Crippen LogP contribution in [0.25, 0.3) is 6.08 Å². The summed E-state index contributed by atoms with van der Waals surface area (Å²) in [6, 6.07) is 10.1. The van der Waals surface area contributed by atoms with Crippen LogP contribution in [-0.2, 0) is 9.59 Å². The van der Waals surface area contributed by atoms with Crippen molar-refractivity contribution in [2.45, 2.75) is 0 Å². The second-order valence-corrected chi connectivity index (χ2v) is 5.05. The SMILES string of the molecule is NNC(=O)CN1C(=O)/C(=C\c2ccccn2)Oc2ccc(N)cc21. The molecule has 2 heterocycles. The van der Waals surface area contributed by atoms with Gasteiger partial charge in [0.15, 0.2) is 11.5 Å². The first-order chi connectivity index (χ1) is 11.6. The molecule has 0 spiro atoms. The highest BCUT2D eigenvalue weighted by Crippen LogP contribution is 2.37. The Balaban J connectivity index is 2.04. The number of nitrogen functional groups attached to an aromatic ring is 1. The van der Waals surface area contributed by atoms with Gasteiger partial charge < -0.3 is 10.5 Å². The van der Waals surface area contributed by atoms with Gasteiger partial charge in [-0.2, -0.15) is 0 Å². The summed E-state index contributed by atoms with van der Waals surface area (Å²) in [5.74, 6) is 4.59.